The highest BCUT2D eigenvalue weighted by molar-refractivity contribution is 14.1. The van der Waals surface area contributed by atoms with E-state index in [2.05, 4.69) is 34.8 Å². The summed E-state index contributed by atoms with van der Waals surface area (Å²) >= 11 is 12.7. The van der Waals surface area contributed by atoms with Gasteiger partial charge in [0.05, 0.1) is 6.42 Å². The average molecular weight is 459 g/mol. The van der Waals surface area contributed by atoms with Crippen LogP contribution in [0.4, 0.5) is 35.1 Å². The Morgan fingerprint density at radius 3 is 1.33 bits per heavy atom. The van der Waals surface area contributed by atoms with Gasteiger partial charge in [0.15, 0.2) is 0 Å². The van der Waals surface area contributed by atoms with E-state index in [9.17, 15) is 35.1 Å². The first-order chi connectivity index (χ1) is 7.46. The Balaban J connectivity index is 5.50. The third-order valence-electron chi connectivity index (χ3n) is 1.63. The Morgan fingerprint density at radius 1 is 0.778 bits per heavy atom. The first-order valence-electron chi connectivity index (χ1n) is 3.72. The van der Waals surface area contributed by atoms with Gasteiger partial charge in [0.2, 0.25) is 0 Å². The highest BCUT2D eigenvalue weighted by Gasteiger charge is 2.78. The van der Waals surface area contributed by atoms with Crippen molar-refractivity contribution in [3.8, 4) is 0 Å². The molecule has 2 atom stereocenters. The van der Waals surface area contributed by atoms with Crippen LogP contribution in [0, 0.1) is 0 Å². The molecule has 2 unspecified atom stereocenters. The number of alkyl halides is 12. The van der Waals surface area contributed by atoms with E-state index in [1.54, 1.807) is 0 Å². The van der Waals surface area contributed by atoms with Gasteiger partial charge in [-0.05, 0) is 34.2 Å². The van der Waals surface area contributed by atoms with Crippen molar-refractivity contribution >= 4 is 57.4 Å². The Hall–Kier alpha value is 1.04. The van der Waals surface area contributed by atoms with Crippen molar-refractivity contribution in [2.45, 2.75) is 31.9 Å². The molecule has 0 heterocycles. The van der Waals surface area contributed by atoms with E-state index >= 15 is 0 Å². The van der Waals surface area contributed by atoms with Crippen molar-refractivity contribution in [1.29, 1.82) is 0 Å². The van der Waals surface area contributed by atoms with E-state index in [0.717, 1.165) is 0 Å². The van der Waals surface area contributed by atoms with E-state index in [1.165, 1.54) is 0 Å². The fourth-order valence-electron chi connectivity index (χ4n) is 0.770. The van der Waals surface area contributed by atoms with E-state index < -0.39 is 31.9 Å². The standard InChI is InChI=1S/C6H2Cl3F8I/c7-2(10,1-3(11,12)18)5(14,15)4(8,13)6(9,16)17/h1H2. The molecule has 110 valence electrons. The van der Waals surface area contributed by atoms with Crippen LogP contribution in [0.2, 0.25) is 0 Å². The van der Waals surface area contributed by atoms with Crippen LogP contribution in [-0.4, -0.2) is 25.5 Å². The second-order valence-electron chi connectivity index (χ2n) is 3.14. The lowest BCUT2D eigenvalue weighted by atomic mass is 10.1. The Kier molecular flexibility index (Phi) is 5.40. The van der Waals surface area contributed by atoms with Crippen LogP contribution in [0.1, 0.15) is 6.42 Å². The molecule has 0 aliphatic carbocycles. The van der Waals surface area contributed by atoms with Crippen molar-refractivity contribution in [3.05, 3.63) is 0 Å². The maximum absolute atomic E-state index is 13.2. The zero-order chi connectivity index (χ0) is 15.2. The first-order valence-corrected chi connectivity index (χ1v) is 5.94. The predicted octanol–water partition coefficient (Wildman–Crippen LogP) is 5.68. The molecule has 0 nitrogen and oxygen atoms in total. The Bertz CT molecular complexity index is 307. The summed E-state index contributed by atoms with van der Waals surface area (Å²) in [5.41, 5.74) is 0. The quantitative estimate of drug-likeness (QED) is 0.282. The van der Waals surface area contributed by atoms with Gasteiger partial charge in [0, 0.05) is 0 Å². The van der Waals surface area contributed by atoms with Crippen molar-refractivity contribution < 1.29 is 35.1 Å². The second-order valence-corrected chi connectivity index (χ2v) is 6.32. The molecule has 0 bridgehead atoms. The van der Waals surface area contributed by atoms with Crippen molar-refractivity contribution in [1.82, 2.24) is 0 Å². The maximum Gasteiger partial charge on any atom is 0.375 e. The van der Waals surface area contributed by atoms with Gasteiger partial charge < -0.3 is 0 Å². The summed E-state index contributed by atoms with van der Waals surface area (Å²) < 4.78 is 97.6. The fraction of sp³-hybridized carbons (Fsp3) is 1.00. The van der Waals surface area contributed by atoms with Crippen molar-refractivity contribution in [2.75, 3.05) is 0 Å². The smallest absolute Gasteiger partial charge is 0.219 e. The zero-order valence-electron chi connectivity index (χ0n) is 7.74. The molecule has 0 aromatic rings. The van der Waals surface area contributed by atoms with E-state index in [1.807, 2.05) is 0 Å². The van der Waals surface area contributed by atoms with Crippen LogP contribution >= 0.6 is 57.4 Å². The summed E-state index contributed by atoms with van der Waals surface area (Å²) in [5.74, 6) is -5.89. The van der Waals surface area contributed by atoms with Crippen molar-refractivity contribution in [3.63, 3.8) is 0 Å². The fourth-order valence-corrected chi connectivity index (χ4v) is 2.14. The van der Waals surface area contributed by atoms with E-state index in [0.29, 0.717) is 0 Å². The molecular weight excluding hydrogens is 457 g/mol. The van der Waals surface area contributed by atoms with Crippen LogP contribution < -0.4 is 0 Å². The van der Waals surface area contributed by atoms with Gasteiger partial charge in [0.1, 0.15) is 0 Å². The molecule has 0 aliphatic heterocycles. The number of hydrogen-bond donors (Lipinski definition) is 0. The van der Waals surface area contributed by atoms with Crippen LogP contribution in [0.25, 0.3) is 0 Å². The molecule has 0 aromatic heterocycles. The molecule has 0 fully saturated rings. The molecule has 0 aromatic carbocycles. The third kappa shape index (κ3) is 3.78. The minimum absolute atomic E-state index is 0.214. The third-order valence-corrected chi connectivity index (χ3v) is 3.22. The van der Waals surface area contributed by atoms with Gasteiger partial charge in [-0.2, -0.15) is 26.3 Å². The molecule has 0 rings (SSSR count). The number of hydrogen-bond acceptors (Lipinski definition) is 0. The lowest BCUT2D eigenvalue weighted by Crippen LogP contribution is -2.60. The summed E-state index contributed by atoms with van der Waals surface area (Å²) in [4.78, 5) is 0. The molecule has 0 radical (unpaired) electrons. The zero-order valence-corrected chi connectivity index (χ0v) is 12.2. The summed E-state index contributed by atoms with van der Waals surface area (Å²) in [7, 11) is 0. The first kappa shape index (κ1) is 19.0. The topological polar surface area (TPSA) is 0 Å². The predicted molar refractivity (Wildman–Crippen MR) is 58.7 cm³/mol. The molecule has 0 N–H and O–H groups in total. The molecule has 0 amide bonds. The van der Waals surface area contributed by atoms with Crippen LogP contribution in [0.15, 0.2) is 0 Å². The average Bonchev–Trinajstić information content (AvgIpc) is 1.95. The van der Waals surface area contributed by atoms with Gasteiger partial charge in [-0.3, -0.25) is 0 Å². The normalized spacial score (nSPS) is 21.3. The molecule has 0 aliphatic rings. The summed E-state index contributed by atoms with van der Waals surface area (Å²) in [5, 5.41) is -15.8. The van der Waals surface area contributed by atoms with Gasteiger partial charge >= 0.3 is 20.4 Å². The van der Waals surface area contributed by atoms with Crippen LogP contribution in [-0.2, 0) is 0 Å². The maximum atomic E-state index is 13.2. The summed E-state index contributed by atoms with van der Waals surface area (Å²) in [6, 6.07) is 0. The van der Waals surface area contributed by atoms with Crippen LogP contribution in [0.5, 0.6) is 0 Å². The van der Waals surface area contributed by atoms with Crippen LogP contribution in [0.3, 0.4) is 0 Å². The number of rotatable bonds is 5. The van der Waals surface area contributed by atoms with E-state index in [-0.39, 0.29) is 22.6 Å². The van der Waals surface area contributed by atoms with E-state index in [4.69, 9.17) is 0 Å². The van der Waals surface area contributed by atoms with Gasteiger partial charge in [-0.15, -0.1) is 0 Å². The lowest BCUT2D eigenvalue weighted by molar-refractivity contribution is -0.220. The molecular formula is C6H2Cl3F8I. The lowest BCUT2D eigenvalue weighted by Gasteiger charge is -2.37. The molecule has 0 spiro atoms. The molecule has 12 heteroatoms. The monoisotopic (exact) mass is 458 g/mol. The minimum atomic E-state index is -5.89. The van der Waals surface area contributed by atoms with Gasteiger partial charge in [0.25, 0.3) is 5.13 Å². The summed E-state index contributed by atoms with van der Waals surface area (Å²) in [6.45, 7) is 0. The molecule has 18 heavy (non-hydrogen) atoms. The summed E-state index contributed by atoms with van der Waals surface area (Å²) in [6.07, 6.45) is -2.46. The Morgan fingerprint density at radius 2 is 1.11 bits per heavy atom. The SMILES string of the molecule is FC(F)(I)CC(F)(Cl)C(F)(F)C(F)(Cl)C(F)(F)Cl. The second kappa shape index (κ2) is 5.10. The number of halogens is 12. The van der Waals surface area contributed by atoms with Gasteiger partial charge in [-0.25, -0.2) is 8.78 Å². The largest absolute Gasteiger partial charge is 0.375 e. The highest BCUT2D eigenvalue weighted by Crippen LogP contribution is 2.58. The van der Waals surface area contributed by atoms with Gasteiger partial charge in [-0.1, -0.05) is 23.2 Å². The Labute approximate surface area is 124 Å². The minimum Gasteiger partial charge on any atom is -0.219 e. The molecule has 0 saturated heterocycles. The highest BCUT2D eigenvalue weighted by atomic mass is 127. The van der Waals surface area contributed by atoms with Crippen molar-refractivity contribution in [2.24, 2.45) is 0 Å². The molecule has 0 saturated carbocycles.